The van der Waals surface area contributed by atoms with Gasteiger partial charge in [0.05, 0.1) is 25.8 Å². The maximum Gasteiger partial charge on any atom is 0.292 e. The molecular formula is C19H21N2O3+. The molecule has 1 saturated heterocycles. The lowest BCUT2D eigenvalue weighted by molar-refractivity contribution is -0.674. The number of ether oxygens (including phenoxy) is 1. The molecule has 5 heteroatoms. The number of imide groups is 1. The lowest BCUT2D eigenvalue weighted by atomic mass is 10.1. The number of amides is 2. The molecule has 1 atom stereocenters. The van der Waals surface area contributed by atoms with Crippen molar-refractivity contribution in [1.82, 2.24) is 0 Å². The molecule has 1 aliphatic heterocycles. The van der Waals surface area contributed by atoms with Gasteiger partial charge in [-0.2, -0.15) is 0 Å². The molecule has 1 heterocycles. The quantitative estimate of drug-likeness (QED) is 0.810. The van der Waals surface area contributed by atoms with Gasteiger partial charge in [0.25, 0.3) is 5.91 Å². The Kier molecular flexibility index (Phi) is 4.91. The van der Waals surface area contributed by atoms with Crippen molar-refractivity contribution < 1.29 is 19.6 Å². The highest BCUT2D eigenvalue weighted by molar-refractivity contribution is 6.21. The predicted molar refractivity (Wildman–Crippen MR) is 90.8 cm³/mol. The molecule has 0 unspecified atom stereocenters. The highest BCUT2D eigenvalue weighted by Crippen LogP contribution is 2.24. The Morgan fingerprint density at radius 2 is 1.79 bits per heavy atom. The molecule has 0 aliphatic carbocycles. The van der Waals surface area contributed by atoms with Gasteiger partial charge in [0, 0.05) is 6.42 Å². The second-order valence-electron chi connectivity index (χ2n) is 5.84. The average molecular weight is 325 g/mol. The van der Waals surface area contributed by atoms with Gasteiger partial charge in [-0.15, -0.1) is 0 Å². The standard InChI is InChI=1S/C19H20N2O3/c1-24-16-9-7-15(8-10-16)21-18(22)13-17(19(21)23)20-12-11-14-5-3-2-4-6-14/h2-10,17,20H,11-13H2,1H3/p+1/t17-/m1/s1. The SMILES string of the molecule is COc1ccc(N2C(=O)C[C@@H]([NH2+]CCc3ccccc3)C2=O)cc1. The van der Waals surface area contributed by atoms with E-state index in [4.69, 9.17) is 4.74 Å². The van der Waals surface area contributed by atoms with Crippen LogP contribution in [0.2, 0.25) is 0 Å². The number of carbonyl (C=O) groups excluding carboxylic acids is 2. The summed E-state index contributed by atoms with van der Waals surface area (Å²) in [6.07, 6.45) is 1.13. The van der Waals surface area contributed by atoms with E-state index in [2.05, 4.69) is 12.1 Å². The normalized spacial score (nSPS) is 17.4. The minimum Gasteiger partial charge on any atom is -0.497 e. The number of rotatable bonds is 6. The van der Waals surface area contributed by atoms with Crippen molar-refractivity contribution in [2.24, 2.45) is 0 Å². The first-order valence-corrected chi connectivity index (χ1v) is 8.07. The predicted octanol–water partition coefficient (Wildman–Crippen LogP) is 1.13. The third-order valence-electron chi connectivity index (χ3n) is 4.24. The van der Waals surface area contributed by atoms with Crippen molar-refractivity contribution in [2.45, 2.75) is 18.9 Å². The minimum atomic E-state index is -0.330. The zero-order valence-electron chi connectivity index (χ0n) is 13.6. The van der Waals surface area contributed by atoms with Crippen molar-refractivity contribution in [3.8, 4) is 5.75 Å². The zero-order valence-corrected chi connectivity index (χ0v) is 13.6. The number of anilines is 1. The van der Waals surface area contributed by atoms with Crippen LogP contribution in [0, 0.1) is 0 Å². The molecule has 0 radical (unpaired) electrons. The molecule has 0 aromatic heterocycles. The first kappa shape index (κ1) is 16.2. The summed E-state index contributed by atoms with van der Waals surface area (Å²) in [6, 6.07) is 16.8. The zero-order chi connectivity index (χ0) is 16.9. The first-order valence-electron chi connectivity index (χ1n) is 8.07. The van der Waals surface area contributed by atoms with E-state index >= 15 is 0 Å². The van der Waals surface area contributed by atoms with Gasteiger partial charge in [-0.05, 0) is 29.8 Å². The summed E-state index contributed by atoms with van der Waals surface area (Å²) < 4.78 is 5.11. The van der Waals surface area contributed by atoms with Gasteiger partial charge in [-0.1, -0.05) is 30.3 Å². The molecule has 2 amide bonds. The Balaban J connectivity index is 1.61. The van der Waals surface area contributed by atoms with Crippen molar-refractivity contribution >= 4 is 17.5 Å². The van der Waals surface area contributed by atoms with Crippen LogP contribution in [0.5, 0.6) is 5.75 Å². The van der Waals surface area contributed by atoms with Crippen molar-refractivity contribution in [3.63, 3.8) is 0 Å². The van der Waals surface area contributed by atoms with Gasteiger partial charge in [0.15, 0.2) is 6.04 Å². The van der Waals surface area contributed by atoms with Gasteiger partial charge in [0.1, 0.15) is 5.75 Å². The van der Waals surface area contributed by atoms with Crippen molar-refractivity contribution in [2.75, 3.05) is 18.6 Å². The van der Waals surface area contributed by atoms with E-state index in [1.165, 1.54) is 10.5 Å². The van der Waals surface area contributed by atoms with Crippen LogP contribution in [0.15, 0.2) is 54.6 Å². The number of methoxy groups -OCH3 is 1. The van der Waals surface area contributed by atoms with Crippen LogP contribution < -0.4 is 15.0 Å². The van der Waals surface area contributed by atoms with Crippen LogP contribution >= 0.6 is 0 Å². The number of carbonyl (C=O) groups is 2. The summed E-state index contributed by atoms with van der Waals surface area (Å²) in [5, 5.41) is 1.97. The molecule has 0 bridgehead atoms. The molecular weight excluding hydrogens is 304 g/mol. The minimum absolute atomic E-state index is 0.141. The monoisotopic (exact) mass is 325 g/mol. The van der Waals surface area contributed by atoms with E-state index in [0.717, 1.165) is 13.0 Å². The summed E-state index contributed by atoms with van der Waals surface area (Å²) in [6.45, 7) is 0.782. The third kappa shape index (κ3) is 3.46. The van der Waals surface area contributed by atoms with Crippen LogP contribution in [-0.4, -0.2) is 31.5 Å². The largest absolute Gasteiger partial charge is 0.497 e. The topological polar surface area (TPSA) is 63.2 Å². The van der Waals surface area contributed by atoms with Gasteiger partial charge in [-0.25, -0.2) is 4.90 Å². The molecule has 2 aromatic rings. The van der Waals surface area contributed by atoms with E-state index in [1.807, 2.05) is 23.5 Å². The molecule has 0 spiro atoms. The fourth-order valence-corrected chi connectivity index (χ4v) is 2.94. The Labute approximate surface area is 141 Å². The molecule has 24 heavy (non-hydrogen) atoms. The molecule has 2 aromatic carbocycles. The fourth-order valence-electron chi connectivity index (χ4n) is 2.94. The number of hydrogen-bond donors (Lipinski definition) is 1. The van der Waals surface area contributed by atoms with Crippen LogP contribution in [0.1, 0.15) is 12.0 Å². The lowest BCUT2D eigenvalue weighted by Gasteiger charge is -2.14. The van der Waals surface area contributed by atoms with Crippen molar-refractivity contribution in [3.05, 3.63) is 60.2 Å². The third-order valence-corrected chi connectivity index (χ3v) is 4.24. The Morgan fingerprint density at radius 1 is 1.08 bits per heavy atom. The number of benzene rings is 2. The van der Waals surface area contributed by atoms with E-state index in [0.29, 0.717) is 11.4 Å². The molecule has 124 valence electrons. The molecule has 0 saturated carbocycles. The Hall–Kier alpha value is -2.66. The Morgan fingerprint density at radius 3 is 2.46 bits per heavy atom. The molecule has 1 aliphatic rings. The van der Waals surface area contributed by atoms with E-state index in [-0.39, 0.29) is 24.3 Å². The number of nitrogens with zero attached hydrogens (tertiary/aromatic N) is 1. The van der Waals surface area contributed by atoms with E-state index < -0.39 is 0 Å². The van der Waals surface area contributed by atoms with Gasteiger partial charge < -0.3 is 10.1 Å². The lowest BCUT2D eigenvalue weighted by Crippen LogP contribution is -2.92. The molecule has 2 N–H and O–H groups in total. The summed E-state index contributed by atoms with van der Waals surface area (Å²) in [5.74, 6) is 0.410. The van der Waals surface area contributed by atoms with E-state index in [1.54, 1.807) is 31.4 Å². The number of nitrogens with two attached hydrogens (primary N) is 1. The highest BCUT2D eigenvalue weighted by Gasteiger charge is 2.41. The van der Waals surface area contributed by atoms with Crippen LogP contribution in [0.25, 0.3) is 0 Å². The van der Waals surface area contributed by atoms with Gasteiger partial charge >= 0.3 is 0 Å². The maximum absolute atomic E-state index is 12.6. The fraction of sp³-hybridized carbons (Fsp3) is 0.263. The molecule has 1 fully saturated rings. The van der Waals surface area contributed by atoms with Crippen LogP contribution in [-0.2, 0) is 16.0 Å². The van der Waals surface area contributed by atoms with Gasteiger partial charge in [-0.3, -0.25) is 9.59 Å². The smallest absolute Gasteiger partial charge is 0.292 e. The van der Waals surface area contributed by atoms with Crippen molar-refractivity contribution in [1.29, 1.82) is 0 Å². The second kappa shape index (κ2) is 7.27. The Bertz CT molecular complexity index is 713. The summed E-state index contributed by atoms with van der Waals surface area (Å²) in [4.78, 5) is 26.1. The maximum atomic E-state index is 12.6. The molecule has 3 rings (SSSR count). The highest BCUT2D eigenvalue weighted by atomic mass is 16.5. The molecule has 5 nitrogen and oxygen atoms in total. The second-order valence-corrected chi connectivity index (χ2v) is 5.84. The van der Waals surface area contributed by atoms with Crippen LogP contribution in [0.3, 0.4) is 0 Å². The average Bonchev–Trinajstić information content (AvgIpc) is 2.90. The van der Waals surface area contributed by atoms with Crippen LogP contribution in [0.4, 0.5) is 5.69 Å². The summed E-state index contributed by atoms with van der Waals surface area (Å²) in [5.41, 5.74) is 1.84. The van der Waals surface area contributed by atoms with Gasteiger partial charge in [0.2, 0.25) is 5.91 Å². The summed E-state index contributed by atoms with van der Waals surface area (Å²) >= 11 is 0. The van der Waals surface area contributed by atoms with E-state index in [9.17, 15) is 9.59 Å². The summed E-state index contributed by atoms with van der Waals surface area (Å²) in [7, 11) is 1.58. The first-order chi connectivity index (χ1) is 11.7. The number of quaternary nitrogens is 1. The number of hydrogen-bond acceptors (Lipinski definition) is 3.